The Morgan fingerprint density at radius 2 is 1.48 bits per heavy atom. The molecule has 0 unspecified atom stereocenters. The molecule has 9 heteroatoms. The van der Waals surface area contributed by atoms with Crippen molar-refractivity contribution in [3.63, 3.8) is 0 Å². The summed E-state index contributed by atoms with van der Waals surface area (Å²) in [5, 5.41) is 10.8. The van der Waals surface area contributed by atoms with Gasteiger partial charge in [0.05, 0.1) is 18.4 Å². The summed E-state index contributed by atoms with van der Waals surface area (Å²) in [5.41, 5.74) is 4.51. The number of piperidine rings is 2. The van der Waals surface area contributed by atoms with Crippen molar-refractivity contribution < 1.29 is 14.3 Å². The van der Waals surface area contributed by atoms with E-state index in [0.717, 1.165) is 76.0 Å². The van der Waals surface area contributed by atoms with Crippen LogP contribution in [0.2, 0.25) is 0 Å². The highest BCUT2D eigenvalue weighted by Crippen LogP contribution is 2.34. The number of hydrogen-bond acceptors (Lipinski definition) is 7. The van der Waals surface area contributed by atoms with E-state index in [0.29, 0.717) is 28.1 Å². The highest BCUT2D eigenvalue weighted by atomic mass is 16.5. The van der Waals surface area contributed by atoms with E-state index in [4.69, 9.17) is 4.74 Å². The molecule has 6 rings (SSSR count). The molecule has 0 spiro atoms. The van der Waals surface area contributed by atoms with E-state index in [-0.39, 0.29) is 23.9 Å². The van der Waals surface area contributed by atoms with E-state index in [9.17, 15) is 9.59 Å². The van der Waals surface area contributed by atoms with Gasteiger partial charge in [0.25, 0.3) is 11.8 Å². The van der Waals surface area contributed by atoms with Crippen molar-refractivity contribution in [1.29, 1.82) is 0 Å². The predicted molar refractivity (Wildman–Crippen MR) is 192 cm³/mol. The summed E-state index contributed by atoms with van der Waals surface area (Å²) in [6.45, 7) is 8.19. The quantitative estimate of drug-likeness (QED) is 0.164. The molecule has 0 bridgehead atoms. The molecule has 0 saturated carbocycles. The van der Waals surface area contributed by atoms with Gasteiger partial charge < -0.3 is 25.6 Å². The lowest BCUT2D eigenvalue weighted by atomic mass is 10.0. The second-order valence-electron chi connectivity index (χ2n) is 13.1. The van der Waals surface area contributed by atoms with Crippen LogP contribution in [0.5, 0.6) is 5.75 Å². The number of amides is 2. The zero-order valence-electron chi connectivity index (χ0n) is 28.2. The number of nitrogens with zero attached hydrogens (tertiary/aromatic N) is 3. The monoisotopic (exact) mass is 648 g/mol. The number of likely N-dealkylation sites (tertiary alicyclic amines) is 2. The number of nitrogens with one attached hydrogen (secondary N) is 3. The third kappa shape index (κ3) is 8.32. The van der Waals surface area contributed by atoms with Crippen LogP contribution in [0.25, 0.3) is 10.9 Å². The number of methoxy groups -OCH3 is 1. The fourth-order valence-electron chi connectivity index (χ4n) is 6.81. The minimum atomic E-state index is -0.146. The van der Waals surface area contributed by atoms with Crippen molar-refractivity contribution in [1.82, 2.24) is 25.4 Å². The fraction of sp³-hybridized carbons (Fsp3) is 0.410. The lowest BCUT2D eigenvalue weighted by molar-refractivity contribution is 0.0902. The summed E-state index contributed by atoms with van der Waals surface area (Å²) in [5.74, 6) is 0.426. The van der Waals surface area contributed by atoms with Crippen molar-refractivity contribution in [3.05, 3.63) is 95.7 Å². The minimum absolute atomic E-state index is 0.0667. The number of rotatable bonds is 12. The van der Waals surface area contributed by atoms with Gasteiger partial charge in [0.15, 0.2) is 0 Å². The average Bonchev–Trinajstić information content (AvgIpc) is 3.12. The lowest BCUT2D eigenvalue weighted by Gasteiger charge is -2.32. The van der Waals surface area contributed by atoms with Gasteiger partial charge in [-0.15, -0.1) is 0 Å². The summed E-state index contributed by atoms with van der Waals surface area (Å²) >= 11 is 0. The van der Waals surface area contributed by atoms with Gasteiger partial charge in [-0.25, -0.2) is 0 Å². The van der Waals surface area contributed by atoms with E-state index in [2.05, 4.69) is 61.9 Å². The number of aromatic nitrogens is 1. The van der Waals surface area contributed by atoms with Gasteiger partial charge in [0.1, 0.15) is 11.3 Å². The molecule has 2 fully saturated rings. The first-order chi connectivity index (χ1) is 23.5. The molecule has 2 aliphatic rings. The second-order valence-corrected chi connectivity index (χ2v) is 13.1. The summed E-state index contributed by atoms with van der Waals surface area (Å²) in [7, 11) is 1.62. The number of para-hydroxylation sites is 1. The molecule has 48 heavy (non-hydrogen) atoms. The highest BCUT2D eigenvalue weighted by molar-refractivity contribution is 6.09. The molecule has 0 atom stereocenters. The van der Waals surface area contributed by atoms with Crippen molar-refractivity contribution >= 4 is 34.1 Å². The Balaban J connectivity index is 1.11. The third-order valence-electron chi connectivity index (χ3n) is 9.66. The minimum Gasteiger partial charge on any atom is -0.494 e. The molecule has 2 aliphatic heterocycles. The second kappa shape index (κ2) is 16.1. The molecular weight excluding hydrogens is 600 g/mol. The standard InChI is InChI=1S/C39H48N6O3/c1-3-4-21-44-22-17-32(18-23-44)43-39(47)34-26-40-37-33(11-8-12-35(37)48-2)36(34)41-30-15-13-29(14-16-30)38(46)42-31-19-24-45(25-20-31)27-28-9-6-5-7-10-28/h5-16,26,31-32H,3-4,17-25,27H2,1-2H3,(H,40,41)(H,42,46)(H,43,47). The van der Waals surface area contributed by atoms with Crippen LogP contribution >= 0.6 is 0 Å². The number of carbonyl (C=O) groups excluding carboxylic acids is 2. The number of ether oxygens (including phenoxy) is 1. The van der Waals surface area contributed by atoms with Gasteiger partial charge in [-0.3, -0.25) is 19.5 Å². The van der Waals surface area contributed by atoms with E-state index in [1.165, 1.54) is 18.4 Å². The zero-order valence-corrected chi connectivity index (χ0v) is 28.2. The maximum absolute atomic E-state index is 13.7. The molecule has 2 amide bonds. The molecule has 252 valence electrons. The van der Waals surface area contributed by atoms with E-state index in [1.807, 2.05) is 48.5 Å². The van der Waals surface area contributed by atoms with Crippen molar-refractivity contribution in [2.45, 2.75) is 64.1 Å². The molecule has 0 radical (unpaired) electrons. The van der Waals surface area contributed by atoms with Crippen LogP contribution in [0, 0.1) is 0 Å². The number of unbranched alkanes of at least 4 members (excludes halogenated alkanes) is 1. The summed E-state index contributed by atoms with van der Waals surface area (Å²) < 4.78 is 5.59. The third-order valence-corrected chi connectivity index (χ3v) is 9.66. The molecular formula is C39H48N6O3. The first-order valence-electron chi connectivity index (χ1n) is 17.4. The van der Waals surface area contributed by atoms with Gasteiger partial charge in [-0.05, 0) is 74.5 Å². The van der Waals surface area contributed by atoms with Crippen molar-refractivity contribution in [2.75, 3.05) is 45.2 Å². The first kappa shape index (κ1) is 33.4. The van der Waals surface area contributed by atoms with Gasteiger partial charge in [0, 0.05) is 67.6 Å². The van der Waals surface area contributed by atoms with Gasteiger partial charge in [-0.2, -0.15) is 0 Å². The zero-order chi connectivity index (χ0) is 33.3. The highest BCUT2D eigenvalue weighted by Gasteiger charge is 2.24. The van der Waals surface area contributed by atoms with E-state index in [1.54, 1.807) is 13.3 Å². The molecule has 3 heterocycles. The van der Waals surface area contributed by atoms with Crippen molar-refractivity contribution in [2.24, 2.45) is 0 Å². The number of anilines is 2. The molecule has 3 N–H and O–H groups in total. The number of benzene rings is 3. The van der Waals surface area contributed by atoms with Gasteiger partial charge >= 0.3 is 0 Å². The van der Waals surface area contributed by atoms with Crippen LogP contribution in [0.4, 0.5) is 11.4 Å². The summed E-state index contributed by atoms with van der Waals surface area (Å²) in [6.07, 6.45) is 7.76. The number of hydrogen-bond donors (Lipinski definition) is 3. The molecule has 2 saturated heterocycles. The SMILES string of the molecule is CCCCN1CCC(NC(=O)c2cnc3c(OC)cccc3c2Nc2ccc(C(=O)NC3CCN(Cc4ccccc4)CC3)cc2)CC1. The predicted octanol–water partition coefficient (Wildman–Crippen LogP) is 6.38. The Hall–Kier alpha value is -4.47. The number of pyridine rings is 1. The molecule has 9 nitrogen and oxygen atoms in total. The first-order valence-corrected chi connectivity index (χ1v) is 17.4. The van der Waals surface area contributed by atoms with Crippen LogP contribution in [-0.2, 0) is 6.54 Å². The summed E-state index contributed by atoms with van der Waals surface area (Å²) in [6, 6.07) is 24.0. The number of carbonyl (C=O) groups is 2. The van der Waals surface area contributed by atoms with Crippen LogP contribution in [0.15, 0.2) is 79.0 Å². The molecule has 3 aromatic carbocycles. The topological polar surface area (TPSA) is 98.8 Å². The lowest BCUT2D eigenvalue weighted by Crippen LogP contribution is -2.45. The molecule has 1 aromatic heterocycles. The van der Waals surface area contributed by atoms with E-state index < -0.39 is 0 Å². The Kier molecular flexibility index (Phi) is 11.2. The fourth-order valence-corrected chi connectivity index (χ4v) is 6.81. The smallest absolute Gasteiger partial charge is 0.255 e. The number of fused-ring (bicyclic) bond motifs is 1. The van der Waals surface area contributed by atoms with Crippen LogP contribution < -0.4 is 20.7 Å². The van der Waals surface area contributed by atoms with Crippen LogP contribution in [-0.4, -0.2) is 78.5 Å². The van der Waals surface area contributed by atoms with Crippen molar-refractivity contribution in [3.8, 4) is 5.75 Å². The normalized spacial score (nSPS) is 16.5. The maximum atomic E-state index is 13.7. The maximum Gasteiger partial charge on any atom is 0.255 e. The molecule has 4 aromatic rings. The van der Waals surface area contributed by atoms with Crippen LogP contribution in [0.3, 0.4) is 0 Å². The molecule has 0 aliphatic carbocycles. The Bertz CT molecular complexity index is 1660. The Morgan fingerprint density at radius 3 is 2.15 bits per heavy atom. The average molecular weight is 649 g/mol. The van der Waals surface area contributed by atoms with Gasteiger partial charge in [-0.1, -0.05) is 55.8 Å². The van der Waals surface area contributed by atoms with E-state index >= 15 is 0 Å². The van der Waals surface area contributed by atoms with Gasteiger partial charge in [0.2, 0.25) is 0 Å². The van der Waals surface area contributed by atoms with Crippen LogP contribution in [0.1, 0.15) is 71.7 Å². The Labute approximate surface area is 284 Å². The largest absolute Gasteiger partial charge is 0.494 e. The summed E-state index contributed by atoms with van der Waals surface area (Å²) in [4.78, 5) is 36.5. The Morgan fingerprint density at radius 1 is 0.812 bits per heavy atom.